The summed E-state index contributed by atoms with van der Waals surface area (Å²) in [4.78, 5) is 14.7. The van der Waals surface area contributed by atoms with Gasteiger partial charge >= 0.3 is 0 Å². The van der Waals surface area contributed by atoms with Gasteiger partial charge in [-0.15, -0.1) is 0 Å². The van der Waals surface area contributed by atoms with Crippen LogP contribution in [-0.4, -0.2) is 42.3 Å². The third kappa shape index (κ3) is 4.43. The van der Waals surface area contributed by atoms with Crippen molar-refractivity contribution in [1.29, 1.82) is 0 Å². The highest BCUT2D eigenvalue weighted by atomic mass is 16.5. The molecule has 2 aliphatic rings. The summed E-state index contributed by atoms with van der Waals surface area (Å²) in [5, 5.41) is 3.54. The lowest BCUT2D eigenvalue weighted by Crippen LogP contribution is -2.43. The molecule has 3 atom stereocenters. The second-order valence-corrected chi connectivity index (χ2v) is 7.35. The normalized spacial score (nSPS) is 30.7. The van der Waals surface area contributed by atoms with Gasteiger partial charge in [-0.3, -0.25) is 10.1 Å². The largest absolute Gasteiger partial charge is 0.378 e. The van der Waals surface area contributed by atoms with Crippen molar-refractivity contribution in [1.82, 2.24) is 10.2 Å². The lowest BCUT2D eigenvalue weighted by atomic mass is 10.0. The van der Waals surface area contributed by atoms with Gasteiger partial charge in [0.2, 0.25) is 5.91 Å². The Labute approximate surface area is 129 Å². The lowest BCUT2D eigenvalue weighted by molar-refractivity contribution is -0.131. The van der Waals surface area contributed by atoms with Crippen LogP contribution in [0.2, 0.25) is 0 Å². The molecule has 4 heteroatoms. The first-order valence-electron chi connectivity index (χ1n) is 8.67. The SMILES string of the molecule is CC(C)CC1NC(C(C)C)N(CCC2CCCCO2)C1=O. The van der Waals surface area contributed by atoms with E-state index >= 15 is 0 Å². The second-order valence-electron chi connectivity index (χ2n) is 7.35. The van der Waals surface area contributed by atoms with Crippen LogP contribution >= 0.6 is 0 Å². The average molecular weight is 296 g/mol. The highest BCUT2D eigenvalue weighted by Gasteiger charge is 2.40. The number of nitrogens with zero attached hydrogens (tertiary/aromatic N) is 1. The number of nitrogens with one attached hydrogen (secondary N) is 1. The summed E-state index contributed by atoms with van der Waals surface area (Å²) in [6.45, 7) is 10.4. The van der Waals surface area contributed by atoms with Crippen molar-refractivity contribution in [2.24, 2.45) is 11.8 Å². The van der Waals surface area contributed by atoms with E-state index in [0.29, 0.717) is 23.8 Å². The van der Waals surface area contributed by atoms with E-state index in [1.54, 1.807) is 0 Å². The second kappa shape index (κ2) is 7.59. The van der Waals surface area contributed by atoms with E-state index in [9.17, 15) is 4.79 Å². The zero-order valence-corrected chi connectivity index (χ0v) is 14.1. The molecular formula is C17H32N2O2. The van der Waals surface area contributed by atoms with Crippen molar-refractivity contribution in [3.8, 4) is 0 Å². The molecule has 0 radical (unpaired) electrons. The molecule has 3 unspecified atom stereocenters. The minimum absolute atomic E-state index is 0.00433. The van der Waals surface area contributed by atoms with Crippen LogP contribution in [0.3, 0.4) is 0 Å². The summed E-state index contributed by atoms with van der Waals surface area (Å²) >= 11 is 0. The minimum Gasteiger partial charge on any atom is -0.378 e. The van der Waals surface area contributed by atoms with Crippen molar-refractivity contribution < 1.29 is 9.53 Å². The molecule has 4 nitrogen and oxygen atoms in total. The Hall–Kier alpha value is -0.610. The van der Waals surface area contributed by atoms with Crippen LogP contribution in [0.15, 0.2) is 0 Å². The molecule has 0 aromatic rings. The quantitative estimate of drug-likeness (QED) is 0.819. The fourth-order valence-corrected chi connectivity index (χ4v) is 3.46. The molecule has 21 heavy (non-hydrogen) atoms. The number of carbonyl (C=O) groups is 1. The third-order valence-corrected chi connectivity index (χ3v) is 4.59. The van der Waals surface area contributed by atoms with Crippen molar-refractivity contribution >= 4 is 5.91 Å². The van der Waals surface area contributed by atoms with Gasteiger partial charge in [-0.05, 0) is 43.9 Å². The smallest absolute Gasteiger partial charge is 0.241 e. The fourth-order valence-electron chi connectivity index (χ4n) is 3.46. The van der Waals surface area contributed by atoms with Crippen LogP contribution in [0.5, 0.6) is 0 Å². The molecule has 2 saturated heterocycles. The Balaban J connectivity index is 1.92. The van der Waals surface area contributed by atoms with Gasteiger partial charge < -0.3 is 9.64 Å². The van der Waals surface area contributed by atoms with Gasteiger partial charge in [0.05, 0.1) is 18.3 Å². The van der Waals surface area contributed by atoms with Gasteiger partial charge in [0.1, 0.15) is 0 Å². The highest BCUT2D eigenvalue weighted by molar-refractivity contribution is 5.84. The van der Waals surface area contributed by atoms with Crippen molar-refractivity contribution in [2.75, 3.05) is 13.2 Å². The van der Waals surface area contributed by atoms with Crippen LogP contribution in [0.25, 0.3) is 0 Å². The molecule has 2 fully saturated rings. The molecule has 0 aliphatic carbocycles. The van der Waals surface area contributed by atoms with Crippen molar-refractivity contribution in [3.63, 3.8) is 0 Å². The van der Waals surface area contributed by atoms with Gasteiger partial charge in [-0.25, -0.2) is 0 Å². The van der Waals surface area contributed by atoms with E-state index in [4.69, 9.17) is 4.74 Å². The van der Waals surface area contributed by atoms with Gasteiger partial charge in [-0.2, -0.15) is 0 Å². The minimum atomic E-state index is 0.00433. The van der Waals surface area contributed by atoms with E-state index < -0.39 is 0 Å². The Bertz CT molecular complexity index is 338. The summed E-state index contributed by atoms with van der Waals surface area (Å²) in [5.41, 5.74) is 0. The monoisotopic (exact) mass is 296 g/mol. The van der Waals surface area contributed by atoms with E-state index in [1.165, 1.54) is 12.8 Å². The maximum Gasteiger partial charge on any atom is 0.241 e. The molecule has 2 heterocycles. The Morgan fingerprint density at radius 1 is 1.29 bits per heavy atom. The van der Waals surface area contributed by atoms with Crippen LogP contribution in [0.4, 0.5) is 0 Å². The lowest BCUT2D eigenvalue weighted by Gasteiger charge is -2.30. The Morgan fingerprint density at radius 3 is 2.62 bits per heavy atom. The first kappa shape index (κ1) is 16.8. The van der Waals surface area contributed by atoms with Crippen LogP contribution in [0.1, 0.15) is 59.8 Å². The van der Waals surface area contributed by atoms with Crippen LogP contribution < -0.4 is 5.32 Å². The van der Waals surface area contributed by atoms with Crippen molar-refractivity contribution in [2.45, 2.75) is 78.1 Å². The molecule has 0 saturated carbocycles. The third-order valence-electron chi connectivity index (χ3n) is 4.59. The van der Waals surface area contributed by atoms with Gasteiger partial charge in [-0.1, -0.05) is 27.7 Å². The number of amides is 1. The summed E-state index contributed by atoms with van der Waals surface area (Å²) in [6, 6.07) is 0.00433. The van der Waals surface area contributed by atoms with E-state index in [2.05, 4.69) is 37.9 Å². The van der Waals surface area contributed by atoms with Gasteiger partial charge in [0, 0.05) is 13.2 Å². The standard InChI is InChI=1S/C17H32N2O2/c1-12(2)11-15-17(20)19(16(18-15)13(3)4)9-8-14-7-5-6-10-21-14/h12-16,18H,5-11H2,1-4H3. The summed E-state index contributed by atoms with van der Waals surface area (Å²) in [6.07, 6.45) is 6.04. The number of hydrogen-bond donors (Lipinski definition) is 1. The number of hydrogen-bond acceptors (Lipinski definition) is 3. The molecule has 2 rings (SSSR count). The molecule has 1 amide bonds. The first-order valence-corrected chi connectivity index (χ1v) is 8.67. The fraction of sp³-hybridized carbons (Fsp3) is 0.941. The molecule has 122 valence electrons. The van der Waals surface area contributed by atoms with Crippen LogP contribution in [-0.2, 0) is 9.53 Å². The maximum atomic E-state index is 12.7. The van der Waals surface area contributed by atoms with Gasteiger partial charge in [0.15, 0.2) is 0 Å². The number of carbonyl (C=O) groups excluding carboxylic acids is 1. The molecule has 0 spiro atoms. The summed E-state index contributed by atoms with van der Waals surface area (Å²) in [5.74, 6) is 1.28. The predicted molar refractivity (Wildman–Crippen MR) is 84.9 cm³/mol. The predicted octanol–water partition coefficient (Wildman–Crippen LogP) is 2.77. The van der Waals surface area contributed by atoms with Crippen LogP contribution in [0, 0.1) is 11.8 Å². The Morgan fingerprint density at radius 2 is 2.05 bits per heavy atom. The molecule has 2 aliphatic heterocycles. The highest BCUT2D eigenvalue weighted by Crippen LogP contribution is 2.23. The number of rotatable bonds is 6. The maximum absolute atomic E-state index is 12.7. The topological polar surface area (TPSA) is 41.6 Å². The van der Waals surface area contributed by atoms with E-state index in [1.807, 2.05) is 0 Å². The van der Waals surface area contributed by atoms with E-state index in [-0.39, 0.29) is 12.2 Å². The van der Waals surface area contributed by atoms with Crippen molar-refractivity contribution in [3.05, 3.63) is 0 Å². The molecular weight excluding hydrogens is 264 g/mol. The Kier molecular flexibility index (Phi) is 6.06. The first-order chi connectivity index (χ1) is 9.99. The zero-order valence-electron chi connectivity index (χ0n) is 14.1. The summed E-state index contributed by atoms with van der Waals surface area (Å²) in [7, 11) is 0. The number of ether oxygens (including phenoxy) is 1. The molecule has 1 N–H and O–H groups in total. The average Bonchev–Trinajstić information content (AvgIpc) is 2.74. The van der Waals surface area contributed by atoms with E-state index in [0.717, 1.165) is 32.4 Å². The zero-order chi connectivity index (χ0) is 15.4. The summed E-state index contributed by atoms with van der Waals surface area (Å²) < 4.78 is 5.80. The molecule has 0 aromatic carbocycles. The van der Waals surface area contributed by atoms with Gasteiger partial charge in [0.25, 0.3) is 0 Å². The molecule has 0 aromatic heterocycles. The molecule has 0 bridgehead atoms.